The van der Waals surface area contributed by atoms with Crippen LogP contribution < -0.4 is 10.6 Å². The number of rotatable bonds is 7. The van der Waals surface area contributed by atoms with Gasteiger partial charge in [-0.25, -0.2) is 4.79 Å². The Bertz CT molecular complexity index is 691. The van der Waals surface area contributed by atoms with Gasteiger partial charge in [-0.2, -0.15) is 0 Å². The van der Waals surface area contributed by atoms with Crippen LogP contribution in [0.15, 0.2) is 36.4 Å². The molecular formula is C21H28N2O4. The average molecular weight is 372 g/mol. The first-order chi connectivity index (χ1) is 12.8. The first kappa shape index (κ1) is 20.7. The number of nitrogens with one attached hydrogen (secondary N) is 2. The van der Waals surface area contributed by atoms with Crippen LogP contribution in [-0.4, -0.2) is 34.5 Å². The number of aliphatic carboxylic acids is 1. The number of amides is 2. The highest BCUT2D eigenvalue weighted by atomic mass is 16.4. The predicted octanol–water partition coefficient (Wildman–Crippen LogP) is 2.74. The number of carbonyl (C=O) groups excluding carboxylic acids is 2. The number of carbonyl (C=O) groups is 3. The summed E-state index contributed by atoms with van der Waals surface area (Å²) in [6.07, 6.45) is 6.75. The highest BCUT2D eigenvalue weighted by Gasteiger charge is 2.42. The Morgan fingerprint density at radius 1 is 1.07 bits per heavy atom. The standard InChI is InChI=1S/C21H28N2O4/c1-15(2)18(19(25)26)22-20(27)21(13-7-4-8-14-21)23-17(24)12-11-16-9-5-3-6-10-16/h3,5-6,9-12,15,18H,4,7-8,13-14H2,1-2H3,(H,22,27)(H,23,24)(H,25,26)/t18-/m0/s1. The van der Waals surface area contributed by atoms with Crippen LogP contribution in [-0.2, 0) is 14.4 Å². The molecule has 27 heavy (non-hydrogen) atoms. The van der Waals surface area contributed by atoms with Crippen molar-refractivity contribution in [3.8, 4) is 0 Å². The smallest absolute Gasteiger partial charge is 0.326 e. The third-order valence-corrected chi connectivity index (χ3v) is 4.95. The van der Waals surface area contributed by atoms with Crippen LogP contribution in [0.3, 0.4) is 0 Å². The second kappa shape index (κ2) is 9.35. The van der Waals surface area contributed by atoms with E-state index in [0.717, 1.165) is 24.8 Å². The summed E-state index contributed by atoms with van der Waals surface area (Å²) in [6.45, 7) is 3.49. The fraction of sp³-hybridized carbons (Fsp3) is 0.476. The highest BCUT2D eigenvalue weighted by Crippen LogP contribution is 2.29. The SMILES string of the molecule is CC(C)[C@H](NC(=O)C1(NC(=O)C=Cc2ccccc2)CCCCC1)C(=O)O. The van der Waals surface area contributed by atoms with E-state index in [1.165, 1.54) is 6.08 Å². The second-order valence-electron chi connectivity index (χ2n) is 7.41. The molecule has 0 spiro atoms. The highest BCUT2D eigenvalue weighted by molar-refractivity contribution is 5.98. The molecule has 0 aliphatic heterocycles. The predicted molar refractivity (Wildman–Crippen MR) is 104 cm³/mol. The van der Waals surface area contributed by atoms with Crippen LogP contribution in [0.25, 0.3) is 6.08 Å². The maximum atomic E-state index is 12.9. The lowest BCUT2D eigenvalue weighted by Crippen LogP contribution is -2.62. The quantitative estimate of drug-likeness (QED) is 0.641. The molecule has 1 atom stereocenters. The van der Waals surface area contributed by atoms with Crippen LogP contribution in [0.4, 0.5) is 0 Å². The molecule has 3 N–H and O–H groups in total. The van der Waals surface area contributed by atoms with Gasteiger partial charge in [0.1, 0.15) is 11.6 Å². The Balaban J connectivity index is 2.13. The summed E-state index contributed by atoms with van der Waals surface area (Å²) in [4.78, 5) is 36.8. The van der Waals surface area contributed by atoms with E-state index < -0.39 is 23.5 Å². The van der Waals surface area contributed by atoms with E-state index in [0.29, 0.717) is 12.8 Å². The van der Waals surface area contributed by atoms with Crippen molar-refractivity contribution in [2.24, 2.45) is 5.92 Å². The van der Waals surface area contributed by atoms with Crippen molar-refractivity contribution in [3.63, 3.8) is 0 Å². The molecule has 1 fully saturated rings. The summed E-state index contributed by atoms with van der Waals surface area (Å²) in [6, 6.07) is 8.44. The fourth-order valence-electron chi connectivity index (χ4n) is 3.37. The lowest BCUT2D eigenvalue weighted by Gasteiger charge is -2.37. The summed E-state index contributed by atoms with van der Waals surface area (Å²) >= 11 is 0. The maximum absolute atomic E-state index is 12.9. The molecule has 146 valence electrons. The zero-order valence-electron chi connectivity index (χ0n) is 15.9. The second-order valence-corrected chi connectivity index (χ2v) is 7.41. The Labute approximate surface area is 160 Å². The summed E-state index contributed by atoms with van der Waals surface area (Å²) in [7, 11) is 0. The van der Waals surface area contributed by atoms with Crippen molar-refractivity contribution in [3.05, 3.63) is 42.0 Å². The van der Waals surface area contributed by atoms with Gasteiger partial charge in [0.05, 0.1) is 0 Å². The van der Waals surface area contributed by atoms with Crippen molar-refractivity contribution >= 4 is 23.9 Å². The van der Waals surface area contributed by atoms with Gasteiger partial charge in [0.2, 0.25) is 11.8 Å². The molecule has 0 saturated heterocycles. The van der Waals surface area contributed by atoms with E-state index in [9.17, 15) is 19.5 Å². The number of benzene rings is 1. The van der Waals surface area contributed by atoms with Gasteiger partial charge in [-0.3, -0.25) is 9.59 Å². The minimum Gasteiger partial charge on any atom is -0.480 e. The number of hydrogen-bond donors (Lipinski definition) is 3. The number of carboxylic acids is 1. The van der Waals surface area contributed by atoms with Gasteiger partial charge >= 0.3 is 5.97 Å². The van der Waals surface area contributed by atoms with E-state index in [1.54, 1.807) is 19.9 Å². The fourth-order valence-corrected chi connectivity index (χ4v) is 3.37. The number of carboxylic acid groups (broad SMARTS) is 1. The Morgan fingerprint density at radius 3 is 2.26 bits per heavy atom. The minimum absolute atomic E-state index is 0.249. The van der Waals surface area contributed by atoms with Gasteiger partial charge in [-0.05, 0) is 30.4 Å². The molecule has 1 aliphatic rings. The van der Waals surface area contributed by atoms with E-state index in [4.69, 9.17) is 0 Å². The average Bonchev–Trinajstić information content (AvgIpc) is 2.65. The summed E-state index contributed by atoms with van der Waals surface area (Å²) < 4.78 is 0. The summed E-state index contributed by atoms with van der Waals surface area (Å²) in [5, 5.41) is 14.8. The van der Waals surface area contributed by atoms with Gasteiger partial charge in [-0.15, -0.1) is 0 Å². The molecule has 0 unspecified atom stereocenters. The van der Waals surface area contributed by atoms with Gasteiger partial charge in [0.25, 0.3) is 0 Å². The van der Waals surface area contributed by atoms with Crippen molar-refractivity contribution in [1.29, 1.82) is 0 Å². The largest absolute Gasteiger partial charge is 0.480 e. The normalized spacial score (nSPS) is 17.4. The first-order valence-electron chi connectivity index (χ1n) is 9.43. The summed E-state index contributed by atoms with van der Waals surface area (Å²) in [5.41, 5.74) is -0.167. The third-order valence-electron chi connectivity index (χ3n) is 4.95. The van der Waals surface area contributed by atoms with Crippen molar-refractivity contribution < 1.29 is 19.5 Å². The van der Waals surface area contributed by atoms with E-state index >= 15 is 0 Å². The molecule has 6 heteroatoms. The molecule has 0 radical (unpaired) electrons. The van der Waals surface area contributed by atoms with Crippen LogP contribution >= 0.6 is 0 Å². The molecule has 0 aromatic heterocycles. The Kier molecular flexibility index (Phi) is 7.16. The Hall–Kier alpha value is -2.63. The van der Waals surface area contributed by atoms with Crippen LogP contribution in [0, 0.1) is 5.92 Å². The molecule has 1 saturated carbocycles. The third kappa shape index (κ3) is 5.67. The van der Waals surface area contributed by atoms with Crippen LogP contribution in [0.5, 0.6) is 0 Å². The Morgan fingerprint density at radius 2 is 1.70 bits per heavy atom. The monoisotopic (exact) mass is 372 g/mol. The molecule has 2 rings (SSSR count). The van der Waals surface area contributed by atoms with Crippen molar-refractivity contribution in [2.45, 2.75) is 57.5 Å². The lowest BCUT2D eigenvalue weighted by molar-refractivity contribution is -0.145. The van der Waals surface area contributed by atoms with Crippen LogP contribution in [0.2, 0.25) is 0 Å². The van der Waals surface area contributed by atoms with Crippen LogP contribution in [0.1, 0.15) is 51.5 Å². The van der Waals surface area contributed by atoms with Crippen molar-refractivity contribution in [1.82, 2.24) is 10.6 Å². The minimum atomic E-state index is -1.07. The zero-order valence-corrected chi connectivity index (χ0v) is 15.9. The van der Waals surface area contributed by atoms with E-state index in [1.807, 2.05) is 30.3 Å². The van der Waals surface area contributed by atoms with E-state index in [2.05, 4.69) is 10.6 Å². The maximum Gasteiger partial charge on any atom is 0.326 e. The zero-order chi connectivity index (χ0) is 19.9. The number of hydrogen-bond acceptors (Lipinski definition) is 3. The first-order valence-corrected chi connectivity index (χ1v) is 9.43. The lowest BCUT2D eigenvalue weighted by atomic mass is 9.80. The molecule has 1 aromatic rings. The van der Waals surface area contributed by atoms with E-state index in [-0.39, 0.29) is 11.8 Å². The summed E-state index contributed by atoms with van der Waals surface area (Å²) in [5.74, 6) is -2.09. The van der Waals surface area contributed by atoms with Gasteiger partial charge in [0, 0.05) is 6.08 Å². The molecule has 0 heterocycles. The molecule has 2 amide bonds. The molecule has 1 aliphatic carbocycles. The van der Waals surface area contributed by atoms with Crippen molar-refractivity contribution in [2.75, 3.05) is 0 Å². The molecular weight excluding hydrogens is 344 g/mol. The topological polar surface area (TPSA) is 95.5 Å². The van der Waals surface area contributed by atoms with Gasteiger partial charge in [-0.1, -0.05) is 63.4 Å². The molecule has 0 bridgehead atoms. The molecule has 6 nitrogen and oxygen atoms in total. The van der Waals surface area contributed by atoms with Gasteiger partial charge in [0.15, 0.2) is 0 Å². The molecule has 1 aromatic carbocycles. The van der Waals surface area contributed by atoms with Gasteiger partial charge < -0.3 is 15.7 Å².